The number of rotatable bonds is 6. The average molecular weight is 289 g/mol. The molecule has 0 spiro atoms. The lowest BCUT2D eigenvalue weighted by molar-refractivity contribution is 0.0702. The monoisotopic (exact) mass is 289 g/mol. The Kier molecular flexibility index (Phi) is 3.74. The zero-order chi connectivity index (χ0) is 13.3. The van der Waals surface area contributed by atoms with Crippen LogP contribution in [0.1, 0.15) is 35.9 Å². The number of nitrogens with zero attached hydrogens (tertiary/aromatic N) is 1. The summed E-state index contributed by atoms with van der Waals surface area (Å²) < 4.78 is 26.3. The van der Waals surface area contributed by atoms with E-state index in [2.05, 4.69) is 0 Å². The second-order valence-corrected chi connectivity index (χ2v) is 7.10. The lowest BCUT2D eigenvalue weighted by Gasteiger charge is -2.20. The second kappa shape index (κ2) is 4.99. The number of carbonyl (C=O) groups is 1. The molecule has 0 radical (unpaired) electrons. The van der Waals surface area contributed by atoms with Gasteiger partial charge in [0.25, 0.3) is 0 Å². The number of carboxylic acids is 1. The van der Waals surface area contributed by atoms with Crippen LogP contribution in [0.3, 0.4) is 0 Å². The molecule has 1 heterocycles. The molecule has 1 aliphatic rings. The van der Waals surface area contributed by atoms with Crippen LogP contribution < -0.4 is 0 Å². The van der Waals surface area contributed by atoms with Gasteiger partial charge in [-0.3, -0.25) is 0 Å². The lowest BCUT2D eigenvalue weighted by atomic mass is 10.5. The summed E-state index contributed by atoms with van der Waals surface area (Å²) in [6.07, 6.45) is 2.55. The van der Waals surface area contributed by atoms with E-state index in [1.165, 1.54) is 15.8 Å². The summed E-state index contributed by atoms with van der Waals surface area (Å²) in [4.78, 5) is 10.9. The van der Waals surface area contributed by atoms with Crippen molar-refractivity contribution in [2.75, 3.05) is 6.54 Å². The smallest absolute Gasteiger partial charge is 0.345 e. The van der Waals surface area contributed by atoms with Crippen LogP contribution in [-0.4, -0.2) is 36.4 Å². The van der Waals surface area contributed by atoms with Crippen molar-refractivity contribution in [2.24, 2.45) is 0 Å². The van der Waals surface area contributed by atoms with E-state index in [1.807, 2.05) is 6.92 Å². The van der Waals surface area contributed by atoms with E-state index in [4.69, 9.17) is 5.11 Å². The van der Waals surface area contributed by atoms with Gasteiger partial charge in [-0.1, -0.05) is 6.92 Å². The van der Waals surface area contributed by atoms with Crippen LogP contribution in [0.4, 0.5) is 0 Å². The van der Waals surface area contributed by atoms with Crippen LogP contribution in [0, 0.1) is 0 Å². The third kappa shape index (κ3) is 2.57. The summed E-state index contributed by atoms with van der Waals surface area (Å²) in [6, 6.07) is 1.34. The number of sulfonamides is 1. The van der Waals surface area contributed by atoms with Gasteiger partial charge >= 0.3 is 5.97 Å². The number of carboxylic acid groups (broad SMARTS) is 1. The van der Waals surface area contributed by atoms with E-state index in [9.17, 15) is 13.2 Å². The summed E-state index contributed by atoms with van der Waals surface area (Å²) >= 11 is 0.947. The van der Waals surface area contributed by atoms with Crippen molar-refractivity contribution in [2.45, 2.75) is 37.1 Å². The molecule has 0 aliphatic heterocycles. The average Bonchev–Trinajstić information content (AvgIpc) is 2.99. The highest BCUT2D eigenvalue weighted by atomic mass is 32.2. The van der Waals surface area contributed by atoms with Gasteiger partial charge in [-0.05, 0) is 25.3 Å². The first-order valence-corrected chi connectivity index (χ1v) is 8.12. The lowest BCUT2D eigenvalue weighted by Crippen LogP contribution is -2.33. The minimum atomic E-state index is -3.53. The van der Waals surface area contributed by atoms with E-state index in [0.717, 1.165) is 30.6 Å². The standard InChI is InChI=1S/C11H15NO4S2/c1-2-5-12(8-3-4-8)18(15,16)9-6-10(11(13)14)17-7-9/h6-8H,2-5H2,1H3,(H,13,14). The zero-order valence-electron chi connectivity index (χ0n) is 10.00. The molecule has 0 bridgehead atoms. The van der Waals surface area contributed by atoms with Gasteiger partial charge < -0.3 is 5.11 Å². The van der Waals surface area contributed by atoms with Crippen LogP contribution >= 0.6 is 11.3 Å². The Labute approximate surface area is 110 Å². The third-order valence-electron chi connectivity index (χ3n) is 2.79. The molecule has 0 saturated heterocycles. The van der Waals surface area contributed by atoms with Gasteiger partial charge in [0.05, 0.1) is 4.90 Å². The Hall–Kier alpha value is -0.920. The van der Waals surface area contributed by atoms with E-state index in [-0.39, 0.29) is 15.8 Å². The Morgan fingerprint density at radius 2 is 2.22 bits per heavy atom. The van der Waals surface area contributed by atoms with Crippen LogP contribution in [0.15, 0.2) is 16.3 Å². The molecule has 2 rings (SSSR count). The normalized spacial score (nSPS) is 16.1. The minimum absolute atomic E-state index is 0.0563. The summed E-state index contributed by atoms with van der Waals surface area (Å²) in [5.74, 6) is -1.09. The van der Waals surface area contributed by atoms with Crippen molar-refractivity contribution in [3.63, 3.8) is 0 Å². The van der Waals surface area contributed by atoms with Crippen molar-refractivity contribution >= 4 is 27.3 Å². The highest BCUT2D eigenvalue weighted by Gasteiger charge is 2.37. The van der Waals surface area contributed by atoms with Crippen molar-refractivity contribution in [3.05, 3.63) is 16.3 Å². The summed E-state index contributed by atoms with van der Waals surface area (Å²) in [5, 5.41) is 10.2. The molecule has 0 aromatic carbocycles. The predicted molar refractivity (Wildman–Crippen MR) is 68.5 cm³/mol. The van der Waals surface area contributed by atoms with E-state index < -0.39 is 16.0 Å². The molecule has 1 aliphatic carbocycles. The predicted octanol–water partition coefficient (Wildman–Crippen LogP) is 2.01. The first-order valence-electron chi connectivity index (χ1n) is 5.80. The molecule has 1 saturated carbocycles. The van der Waals surface area contributed by atoms with Gasteiger partial charge in [0.15, 0.2) is 0 Å². The first-order chi connectivity index (χ1) is 8.46. The van der Waals surface area contributed by atoms with Gasteiger partial charge in [-0.25, -0.2) is 13.2 Å². The SMILES string of the molecule is CCCN(C1CC1)S(=O)(=O)c1csc(C(=O)O)c1. The Bertz CT molecular complexity index is 545. The fourth-order valence-electron chi connectivity index (χ4n) is 1.78. The number of hydrogen-bond donors (Lipinski definition) is 1. The Balaban J connectivity index is 2.30. The Morgan fingerprint density at radius 1 is 1.56 bits per heavy atom. The highest BCUT2D eigenvalue weighted by molar-refractivity contribution is 7.89. The summed E-state index contributed by atoms with van der Waals surface area (Å²) in [7, 11) is -3.53. The number of aromatic carboxylic acids is 1. The van der Waals surface area contributed by atoms with Crippen LogP contribution in [0.25, 0.3) is 0 Å². The highest BCUT2D eigenvalue weighted by Crippen LogP contribution is 2.33. The van der Waals surface area contributed by atoms with Crippen LogP contribution in [-0.2, 0) is 10.0 Å². The van der Waals surface area contributed by atoms with E-state index >= 15 is 0 Å². The molecule has 0 atom stereocenters. The quantitative estimate of drug-likeness (QED) is 0.869. The van der Waals surface area contributed by atoms with Gasteiger partial charge in [0.2, 0.25) is 10.0 Å². The fraction of sp³-hybridized carbons (Fsp3) is 0.545. The fourth-order valence-corrected chi connectivity index (χ4v) is 4.66. The second-order valence-electron chi connectivity index (χ2n) is 4.30. The maximum absolute atomic E-state index is 12.4. The third-order valence-corrected chi connectivity index (χ3v) is 5.79. The first kappa shape index (κ1) is 13.5. The number of thiophene rings is 1. The zero-order valence-corrected chi connectivity index (χ0v) is 11.6. The van der Waals surface area contributed by atoms with Gasteiger partial charge in [0.1, 0.15) is 4.88 Å². The molecule has 5 nitrogen and oxygen atoms in total. The van der Waals surface area contributed by atoms with E-state index in [1.54, 1.807) is 0 Å². The van der Waals surface area contributed by atoms with Crippen LogP contribution in [0.2, 0.25) is 0 Å². The topological polar surface area (TPSA) is 74.7 Å². The van der Waals surface area contributed by atoms with Crippen molar-refractivity contribution < 1.29 is 18.3 Å². The van der Waals surface area contributed by atoms with Crippen molar-refractivity contribution in [1.82, 2.24) is 4.31 Å². The van der Waals surface area contributed by atoms with Crippen molar-refractivity contribution in [3.8, 4) is 0 Å². The van der Waals surface area contributed by atoms with Gasteiger partial charge in [-0.15, -0.1) is 11.3 Å². The van der Waals surface area contributed by atoms with Crippen LogP contribution in [0.5, 0.6) is 0 Å². The molecule has 1 fully saturated rings. The molecular formula is C11H15NO4S2. The van der Waals surface area contributed by atoms with Gasteiger partial charge in [0, 0.05) is 18.0 Å². The minimum Gasteiger partial charge on any atom is -0.477 e. The number of hydrogen-bond acceptors (Lipinski definition) is 4. The van der Waals surface area contributed by atoms with Crippen molar-refractivity contribution in [1.29, 1.82) is 0 Å². The summed E-state index contributed by atoms with van der Waals surface area (Å²) in [6.45, 7) is 2.42. The molecular weight excluding hydrogens is 274 g/mol. The molecule has 0 unspecified atom stereocenters. The maximum atomic E-state index is 12.4. The molecule has 1 aromatic heterocycles. The largest absolute Gasteiger partial charge is 0.477 e. The summed E-state index contributed by atoms with van der Waals surface area (Å²) in [5.41, 5.74) is 0. The van der Waals surface area contributed by atoms with Gasteiger partial charge in [-0.2, -0.15) is 4.31 Å². The molecule has 100 valence electrons. The molecule has 18 heavy (non-hydrogen) atoms. The molecule has 7 heteroatoms. The van der Waals surface area contributed by atoms with E-state index in [0.29, 0.717) is 6.54 Å². The molecule has 1 N–H and O–H groups in total. The maximum Gasteiger partial charge on any atom is 0.345 e. The Morgan fingerprint density at radius 3 is 2.67 bits per heavy atom. The molecule has 0 amide bonds. The molecule has 1 aromatic rings.